The summed E-state index contributed by atoms with van der Waals surface area (Å²) >= 11 is 0. The van der Waals surface area contributed by atoms with Gasteiger partial charge in [-0.05, 0) is 25.0 Å². The lowest BCUT2D eigenvalue weighted by Crippen LogP contribution is -2.10. The maximum absolute atomic E-state index is 13.6. The van der Waals surface area contributed by atoms with Crippen molar-refractivity contribution < 1.29 is 4.39 Å². The molecule has 0 spiro atoms. The van der Waals surface area contributed by atoms with Gasteiger partial charge in [0.2, 0.25) is 0 Å². The Balaban J connectivity index is 1.66. The summed E-state index contributed by atoms with van der Waals surface area (Å²) in [5.74, 6) is 0.436. The molecule has 5 nitrogen and oxygen atoms in total. The summed E-state index contributed by atoms with van der Waals surface area (Å²) in [6.45, 7) is 2.71. The molecule has 6 heteroatoms. The van der Waals surface area contributed by atoms with E-state index < -0.39 is 0 Å². The van der Waals surface area contributed by atoms with Crippen LogP contribution in [0.25, 0.3) is 16.9 Å². The van der Waals surface area contributed by atoms with Gasteiger partial charge < -0.3 is 5.32 Å². The third kappa shape index (κ3) is 3.26. The topological polar surface area (TPSA) is 55.1 Å². The van der Waals surface area contributed by atoms with E-state index in [4.69, 9.17) is 0 Å². The first-order valence-electron chi connectivity index (χ1n) is 8.45. The van der Waals surface area contributed by atoms with E-state index in [1.54, 1.807) is 16.9 Å². The van der Waals surface area contributed by atoms with Crippen molar-refractivity contribution in [1.82, 2.24) is 19.6 Å². The number of pyridine rings is 1. The number of nitrogens with one attached hydrogen (secondary N) is 1. The zero-order valence-corrected chi connectivity index (χ0v) is 14.4. The predicted molar refractivity (Wildman–Crippen MR) is 99.5 cm³/mol. The SMILES string of the molecule is Cc1cnn2c(NCCc3ccccc3)cc(-c3cncc(F)c3)nc12. The second-order valence-corrected chi connectivity index (χ2v) is 6.14. The first-order chi connectivity index (χ1) is 12.7. The van der Waals surface area contributed by atoms with Crippen molar-refractivity contribution in [2.24, 2.45) is 0 Å². The number of aromatic nitrogens is 4. The van der Waals surface area contributed by atoms with Gasteiger partial charge in [0.05, 0.1) is 18.1 Å². The third-order valence-electron chi connectivity index (χ3n) is 4.21. The molecule has 0 radical (unpaired) electrons. The molecule has 4 rings (SSSR count). The van der Waals surface area contributed by atoms with Crippen molar-refractivity contribution in [3.05, 3.63) is 78.0 Å². The summed E-state index contributed by atoms with van der Waals surface area (Å²) in [4.78, 5) is 8.55. The second-order valence-electron chi connectivity index (χ2n) is 6.14. The Morgan fingerprint density at radius 3 is 2.73 bits per heavy atom. The summed E-state index contributed by atoms with van der Waals surface area (Å²) in [6, 6.07) is 13.6. The highest BCUT2D eigenvalue weighted by atomic mass is 19.1. The molecule has 1 N–H and O–H groups in total. The van der Waals surface area contributed by atoms with E-state index >= 15 is 0 Å². The zero-order chi connectivity index (χ0) is 17.9. The average molecular weight is 347 g/mol. The van der Waals surface area contributed by atoms with E-state index in [0.717, 1.165) is 30.0 Å². The van der Waals surface area contributed by atoms with Gasteiger partial charge in [-0.1, -0.05) is 30.3 Å². The molecule has 3 heterocycles. The minimum absolute atomic E-state index is 0.381. The van der Waals surface area contributed by atoms with E-state index in [-0.39, 0.29) is 5.82 Å². The first-order valence-corrected chi connectivity index (χ1v) is 8.45. The molecule has 0 amide bonds. The molecular weight excluding hydrogens is 329 g/mol. The fraction of sp³-hybridized carbons (Fsp3) is 0.150. The molecule has 0 aliphatic heterocycles. The molecule has 3 aromatic heterocycles. The molecule has 4 aromatic rings. The first kappa shape index (κ1) is 16.2. The molecule has 1 aromatic carbocycles. The lowest BCUT2D eigenvalue weighted by atomic mass is 10.1. The van der Waals surface area contributed by atoms with Gasteiger partial charge in [-0.25, -0.2) is 9.37 Å². The summed E-state index contributed by atoms with van der Waals surface area (Å²) in [5, 5.41) is 7.82. The minimum atomic E-state index is -0.381. The number of halogens is 1. The number of fused-ring (bicyclic) bond motifs is 1. The molecule has 0 saturated heterocycles. The zero-order valence-electron chi connectivity index (χ0n) is 14.4. The number of nitrogens with zero attached hydrogens (tertiary/aromatic N) is 4. The van der Waals surface area contributed by atoms with Crippen LogP contribution in [0.15, 0.2) is 61.1 Å². The fourth-order valence-corrected chi connectivity index (χ4v) is 2.88. The smallest absolute Gasteiger partial charge is 0.160 e. The number of hydrogen-bond acceptors (Lipinski definition) is 4. The molecule has 26 heavy (non-hydrogen) atoms. The molecule has 0 aliphatic carbocycles. The summed E-state index contributed by atoms with van der Waals surface area (Å²) in [5.41, 5.74) is 4.27. The minimum Gasteiger partial charge on any atom is -0.370 e. The van der Waals surface area contributed by atoms with Crippen molar-refractivity contribution in [2.45, 2.75) is 13.3 Å². The Bertz CT molecular complexity index is 1040. The molecular formula is C20H18FN5. The Labute approximate surface area is 150 Å². The van der Waals surface area contributed by atoms with Gasteiger partial charge in [-0.2, -0.15) is 9.61 Å². The van der Waals surface area contributed by atoms with Crippen LogP contribution in [0.1, 0.15) is 11.1 Å². The maximum Gasteiger partial charge on any atom is 0.160 e. The van der Waals surface area contributed by atoms with Crippen LogP contribution in [-0.2, 0) is 6.42 Å². The number of aryl methyl sites for hydroxylation is 1. The molecule has 0 bridgehead atoms. The van der Waals surface area contributed by atoms with Crippen LogP contribution in [0.3, 0.4) is 0 Å². The fourth-order valence-electron chi connectivity index (χ4n) is 2.88. The van der Waals surface area contributed by atoms with Crippen LogP contribution in [0, 0.1) is 12.7 Å². The van der Waals surface area contributed by atoms with Crippen LogP contribution >= 0.6 is 0 Å². The summed E-state index contributed by atoms with van der Waals surface area (Å²) in [7, 11) is 0. The van der Waals surface area contributed by atoms with E-state index in [1.165, 1.54) is 17.8 Å². The normalized spacial score (nSPS) is 11.0. The van der Waals surface area contributed by atoms with Crippen molar-refractivity contribution in [3.8, 4) is 11.3 Å². The second kappa shape index (κ2) is 6.92. The van der Waals surface area contributed by atoms with E-state index in [1.807, 2.05) is 31.2 Å². The van der Waals surface area contributed by atoms with E-state index in [0.29, 0.717) is 11.3 Å². The van der Waals surface area contributed by atoms with Gasteiger partial charge in [0.15, 0.2) is 5.65 Å². The summed E-state index contributed by atoms with van der Waals surface area (Å²) < 4.78 is 15.3. The van der Waals surface area contributed by atoms with Gasteiger partial charge in [0.25, 0.3) is 0 Å². The van der Waals surface area contributed by atoms with Crippen molar-refractivity contribution in [1.29, 1.82) is 0 Å². The highest BCUT2D eigenvalue weighted by Crippen LogP contribution is 2.23. The Morgan fingerprint density at radius 2 is 1.92 bits per heavy atom. The van der Waals surface area contributed by atoms with Crippen molar-refractivity contribution in [2.75, 3.05) is 11.9 Å². The van der Waals surface area contributed by atoms with Gasteiger partial charge in [-0.3, -0.25) is 4.98 Å². The van der Waals surface area contributed by atoms with Crippen LogP contribution < -0.4 is 5.32 Å². The number of benzene rings is 1. The van der Waals surface area contributed by atoms with Gasteiger partial charge in [0.1, 0.15) is 11.6 Å². The molecule has 0 aliphatic rings. The monoisotopic (exact) mass is 347 g/mol. The molecule has 130 valence electrons. The Kier molecular flexibility index (Phi) is 4.31. The van der Waals surface area contributed by atoms with Gasteiger partial charge in [-0.15, -0.1) is 0 Å². The molecule has 0 fully saturated rings. The van der Waals surface area contributed by atoms with E-state index in [2.05, 4.69) is 32.5 Å². The van der Waals surface area contributed by atoms with E-state index in [9.17, 15) is 4.39 Å². The van der Waals surface area contributed by atoms with Crippen molar-refractivity contribution >= 4 is 11.5 Å². The lowest BCUT2D eigenvalue weighted by molar-refractivity contribution is 0.622. The van der Waals surface area contributed by atoms with Gasteiger partial charge in [0, 0.05) is 29.9 Å². The Morgan fingerprint density at radius 1 is 1.08 bits per heavy atom. The predicted octanol–water partition coefficient (Wildman–Crippen LogP) is 3.89. The quantitative estimate of drug-likeness (QED) is 0.595. The highest BCUT2D eigenvalue weighted by molar-refractivity contribution is 5.67. The largest absolute Gasteiger partial charge is 0.370 e. The molecule has 0 unspecified atom stereocenters. The lowest BCUT2D eigenvalue weighted by Gasteiger charge is -2.11. The van der Waals surface area contributed by atoms with Gasteiger partial charge >= 0.3 is 0 Å². The van der Waals surface area contributed by atoms with Crippen molar-refractivity contribution in [3.63, 3.8) is 0 Å². The number of anilines is 1. The molecule has 0 atom stereocenters. The van der Waals surface area contributed by atoms with Crippen LogP contribution in [0.4, 0.5) is 10.2 Å². The third-order valence-corrected chi connectivity index (χ3v) is 4.21. The number of hydrogen-bond donors (Lipinski definition) is 1. The van der Waals surface area contributed by atoms with Crippen LogP contribution in [-0.4, -0.2) is 26.1 Å². The maximum atomic E-state index is 13.6. The standard InChI is InChI=1S/C20H18FN5/c1-14-11-24-26-19(23-8-7-15-5-3-2-4-6-15)10-18(25-20(14)26)16-9-17(21)13-22-12-16/h2-6,9-13,23H,7-8H2,1H3. The average Bonchev–Trinajstić information content (AvgIpc) is 3.04. The summed E-state index contributed by atoms with van der Waals surface area (Å²) in [6.07, 6.45) is 5.46. The molecule has 0 saturated carbocycles. The highest BCUT2D eigenvalue weighted by Gasteiger charge is 2.11. The number of rotatable bonds is 5. The Hall–Kier alpha value is -3.28. The van der Waals surface area contributed by atoms with Crippen LogP contribution in [0.2, 0.25) is 0 Å². The van der Waals surface area contributed by atoms with Crippen LogP contribution in [0.5, 0.6) is 0 Å².